The van der Waals surface area contributed by atoms with Crippen molar-refractivity contribution < 1.29 is 19.4 Å². The lowest BCUT2D eigenvalue weighted by atomic mass is 9.74. The fourth-order valence-electron chi connectivity index (χ4n) is 2.08. The van der Waals surface area contributed by atoms with E-state index in [1.807, 2.05) is 27.7 Å². The predicted molar refractivity (Wildman–Crippen MR) is 56.4 cm³/mol. The molecule has 0 saturated carbocycles. The minimum atomic E-state index is -0.799. The summed E-state index contributed by atoms with van der Waals surface area (Å²) in [4.78, 5) is 20.7. The van der Waals surface area contributed by atoms with Gasteiger partial charge in [-0.05, 0) is 17.3 Å². The summed E-state index contributed by atoms with van der Waals surface area (Å²) in [6.07, 6.45) is 0.817. The van der Waals surface area contributed by atoms with Gasteiger partial charge in [-0.2, -0.15) is 0 Å². The van der Waals surface area contributed by atoms with E-state index >= 15 is 0 Å². The van der Waals surface area contributed by atoms with Gasteiger partial charge in [0, 0.05) is 0 Å². The van der Waals surface area contributed by atoms with Crippen molar-refractivity contribution >= 4 is 12.4 Å². The smallest absolute Gasteiger partial charge is 0.303 e. The van der Waals surface area contributed by atoms with Crippen molar-refractivity contribution in [3.8, 4) is 0 Å². The Morgan fingerprint density at radius 3 is 2.20 bits per heavy atom. The molecule has 15 heavy (non-hydrogen) atoms. The topological polar surface area (TPSA) is 63.6 Å². The van der Waals surface area contributed by atoms with Gasteiger partial charge in [-0.3, -0.25) is 9.59 Å². The Morgan fingerprint density at radius 1 is 1.27 bits per heavy atom. The van der Waals surface area contributed by atoms with Crippen molar-refractivity contribution in [1.29, 1.82) is 0 Å². The van der Waals surface area contributed by atoms with Gasteiger partial charge in [0.05, 0.1) is 13.0 Å². The number of carbonyl (C=O) groups excluding carboxylic acids is 1. The SMILES string of the molecule is CC(C)(COC=O)CC(C)(C)CC(=O)O. The van der Waals surface area contributed by atoms with E-state index in [2.05, 4.69) is 0 Å². The number of aliphatic carboxylic acids is 1. The fraction of sp³-hybridized carbons (Fsp3) is 0.818. The largest absolute Gasteiger partial charge is 0.481 e. The third-order valence-electron chi connectivity index (χ3n) is 2.13. The van der Waals surface area contributed by atoms with Crippen LogP contribution in [0.5, 0.6) is 0 Å². The van der Waals surface area contributed by atoms with E-state index < -0.39 is 5.97 Å². The molecule has 0 unspecified atom stereocenters. The van der Waals surface area contributed by atoms with E-state index in [-0.39, 0.29) is 17.3 Å². The van der Waals surface area contributed by atoms with Crippen LogP contribution in [0.4, 0.5) is 0 Å². The third kappa shape index (κ3) is 6.94. The Labute approximate surface area is 90.6 Å². The summed E-state index contributed by atoms with van der Waals surface area (Å²) in [7, 11) is 0. The first-order chi connectivity index (χ1) is 6.68. The highest BCUT2D eigenvalue weighted by Crippen LogP contribution is 2.36. The van der Waals surface area contributed by atoms with E-state index in [0.717, 1.165) is 0 Å². The zero-order valence-corrected chi connectivity index (χ0v) is 9.87. The molecule has 0 fully saturated rings. The molecule has 4 heteroatoms. The molecule has 0 atom stereocenters. The van der Waals surface area contributed by atoms with E-state index in [4.69, 9.17) is 9.84 Å². The second kappa shape index (κ2) is 5.14. The van der Waals surface area contributed by atoms with Gasteiger partial charge in [-0.25, -0.2) is 0 Å². The second-order valence-corrected chi connectivity index (χ2v) is 5.48. The Balaban J connectivity index is 4.28. The molecule has 0 bridgehead atoms. The van der Waals surface area contributed by atoms with Crippen LogP contribution < -0.4 is 0 Å². The van der Waals surface area contributed by atoms with Gasteiger partial charge >= 0.3 is 5.97 Å². The number of carboxylic acids is 1. The molecule has 0 spiro atoms. The van der Waals surface area contributed by atoms with Crippen LogP contribution in [0.3, 0.4) is 0 Å². The molecule has 0 saturated heterocycles. The van der Waals surface area contributed by atoms with Gasteiger partial charge in [0.15, 0.2) is 0 Å². The minimum absolute atomic E-state index is 0.123. The maximum atomic E-state index is 10.6. The van der Waals surface area contributed by atoms with Crippen LogP contribution in [0, 0.1) is 10.8 Å². The van der Waals surface area contributed by atoms with Crippen LogP contribution in [0.1, 0.15) is 40.5 Å². The number of hydrogen-bond donors (Lipinski definition) is 1. The lowest BCUT2D eigenvalue weighted by Crippen LogP contribution is -2.29. The molecule has 0 aliphatic carbocycles. The summed E-state index contributed by atoms with van der Waals surface area (Å²) in [6.45, 7) is 8.47. The summed E-state index contributed by atoms with van der Waals surface area (Å²) in [5.41, 5.74) is -0.485. The Hall–Kier alpha value is -1.06. The van der Waals surface area contributed by atoms with Crippen LogP contribution in [0.2, 0.25) is 0 Å². The predicted octanol–water partition coefficient (Wildman–Crippen LogP) is 2.08. The normalized spacial score (nSPS) is 12.3. The summed E-state index contributed by atoms with van der Waals surface area (Å²) in [5.74, 6) is -0.799. The van der Waals surface area contributed by atoms with Crippen LogP contribution in [-0.4, -0.2) is 24.2 Å². The standard InChI is InChI=1S/C11H20O4/c1-10(2,5-9(13)14)6-11(3,4)7-15-8-12/h8H,5-7H2,1-4H3,(H,13,14). The number of hydrogen-bond acceptors (Lipinski definition) is 3. The van der Waals surface area contributed by atoms with Crippen molar-refractivity contribution in [1.82, 2.24) is 0 Å². The molecule has 0 aromatic rings. The first kappa shape index (κ1) is 13.9. The van der Waals surface area contributed by atoms with Gasteiger partial charge in [-0.15, -0.1) is 0 Å². The molecular weight excluding hydrogens is 196 g/mol. The molecular formula is C11H20O4. The number of rotatable bonds is 7. The van der Waals surface area contributed by atoms with Gasteiger partial charge in [0.1, 0.15) is 0 Å². The molecule has 0 aliphatic rings. The van der Waals surface area contributed by atoms with Crippen LogP contribution >= 0.6 is 0 Å². The average molecular weight is 216 g/mol. The van der Waals surface area contributed by atoms with E-state index in [1.165, 1.54) is 0 Å². The zero-order valence-electron chi connectivity index (χ0n) is 9.87. The molecule has 88 valence electrons. The van der Waals surface area contributed by atoms with Gasteiger partial charge in [0.25, 0.3) is 6.47 Å². The van der Waals surface area contributed by atoms with Crippen molar-refractivity contribution in [2.45, 2.75) is 40.5 Å². The molecule has 0 radical (unpaired) electrons. The average Bonchev–Trinajstić information content (AvgIpc) is 1.95. The highest BCUT2D eigenvalue weighted by molar-refractivity contribution is 5.67. The van der Waals surface area contributed by atoms with E-state index in [0.29, 0.717) is 19.5 Å². The van der Waals surface area contributed by atoms with Crippen molar-refractivity contribution in [3.63, 3.8) is 0 Å². The number of carbonyl (C=O) groups is 2. The highest BCUT2D eigenvalue weighted by Gasteiger charge is 2.31. The lowest BCUT2D eigenvalue weighted by molar-refractivity contribution is -0.140. The molecule has 4 nitrogen and oxygen atoms in total. The third-order valence-corrected chi connectivity index (χ3v) is 2.13. The monoisotopic (exact) mass is 216 g/mol. The lowest BCUT2D eigenvalue weighted by Gasteiger charge is -2.33. The number of carboxylic acid groups (broad SMARTS) is 1. The van der Waals surface area contributed by atoms with Gasteiger partial charge in [-0.1, -0.05) is 27.7 Å². The quantitative estimate of drug-likeness (QED) is 0.662. The zero-order chi connectivity index (χ0) is 12.1. The van der Waals surface area contributed by atoms with Crippen molar-refractivity contribution in [2.75, 3.05) is 6.61 Å². The van der Waals surface area contributed by atoms with E-state index in [1.54, 1.807) is 0 Å². The molecule has 0 aromatic carbocycles. The molecule has 0 amide bonds. The van der Waals surface area contributed by atoms with Crippen molar-refractivity contribution in [2.24, 2.45) is 10.8 Å². The summed E-state index contributed by atoms with van der Waals surface area (Å²) in [6, 6.07) is 0. The summed E-state index contributed by atoms with van der Waals surface area (Å²) < 4.78 is 4.72. The van der Waals surface area contributed by atoms with Gasteiger partial charge < -0.3 is 9.84 Å². The Morgan fingerprint density at radius 2 is 1.80 bits per heavy atom. The molecule has 0 heterocycles. The first-order valence-corrected chi connectivity index (χ1v) is 4.96. The Bertz CT molecular complexity index is 231. The summed E-state index contributed by atoms with van der Waals surface area (Å²) in [5, 5.41) is 8.73. The highest BCUT2D eigenvalue weighted by atomic mass is 16.5. The minimum Gasteiger partial charge on any atom is -0.481 e. The van der Waals surface area contributed by atoms with Crippen LogP contribution in [-0.2, 0) is 14.3 Å². The maximum Gasteiger partial charge on any atom is 0.303 e. The molecule has 0 rings (SSSR count). The molecule has 0 aromatic heterocycles. The van der Waals surface area contributed by atoms with Crippen LogP contribution in [0.15, 0.2) is 0 Å². The first-order valence-electron chi connectivity index (χ1n) is 4.96. The molecule has 1 N–H and O–H groups in total. The maximum absolute atomic E-state index is 10.6. The Kier molecular flexibility index (Phi) is 4.78. The summed E-state index contributed by atoms with van der Waals surface area (Å²) >= 11 is 0. The van der Waals surface area contributed by atoms with E-state index in [9.17, 15) is 9.59 Å². The van der Waals surface area contributed by atoms with Crippen LogP contribution in [0.25, 0.3) is 0 Å². The fourth-order valence-corrected chi connectivity index (χ4v) is 2.08. The van der Waals surface area contributed by atoms with Gasteiger partial charge in [0.2, 0.25) is 0 Å². The molecule has 0 aliphatic heterocycles. The second-order valence-electron chi connectivity index (χ2n) is 5.48. The number of ether oxygens (including phenoxy) is 1. The van der Waals surface area contributed by atoms with Crippen molar-refractivity contribution in [3.05, 3.63) is 0 Å².